The number of hydrogen-bond donors (Lipinski definition) is 0. The Hall–Kier alpha value is -3.32. The van der Waals surface area contributed by atoms with Gasteiger partial charge in [-0.3, -0.25) is 14.5 Å². The molecule has 0 radical (unpaired) electrons. The number of fused-ring (bicyclic) bond motifs is 2. The molecule has 4 aromatic rings. The van der Waals surface area contributed by atoms with Crippen LogP contribution in [0.15, 0.2) is 51.1 Å². The van der Waals surface area contributed by atoms with E-state index in [2.05, 4.69) is 24.0 Å². The van der Waals surface area contributed by atoms with E-state index in [1.165, 1.54) is 21.8 Å². The van der Waals surface area contributed by atoms with E-state index in [9.17, 15) is 9.59 Å². The van der Waals surface area contributed by atoms with E-state index < -0.39 is 6.04 Å². The summed E-state index contributed by atoms with van der Waals surface area (Å²) in [5.74, 6) is 0.0850. The largest absolute Gasteiger partial charge is 0.450 e. The average molecular weight is 432 g/mol. The molecule has 2 aromatic heterocycles. The summed E-state index contributed by atoms with van der Waals surface area (Å²) in [6, 6.07) is 11.1. The van der Waals surface area contributed by atoms with E-state index in [0.29, 0.717) is 27.6 Å². The Morgan fingerprint density at radius 2 is 1.77 bits per heavy atom. The number of aromatic nitrogens is 2. The topological polar surface area (TPSA) is 76.3 Å². The van der Waals surface area contributed by atoms with Crippen molar-refractivity contribution < 1.29 is 9.21 Å². The van der Waals surface area contributed by atoms with Crippen LogP contribution < -0.4 is 10.3 Å². The van der Waals surface area contributed by atoms with Crippen LogP contribution in [-0.4, -0.2) is 16.1 Å². The molecule has 156 valence electrons. The number of amides is 1. The smallest absolute Gasteiger partial charge is 0.297 e. The second-order valence-corrected chi connectivity index (χ2v) is 9.04. The van der Waals surface area contributed by atoms with Crippen molar-refractivity contribution in [2.75, 3.05) is 4.90 Å². The summed E-state index contributed by atoms with van der Waals surface area (Å²) in [4.78, 5) is 28.6. The summed E-state index contributed by atoms with van der Waals surface area (Å²) in [6.45, 7) is 8.17. The zero-order valence-corrected chi connectivity index (χ0v) is 18.5. The van der Waals surface area contributed by atoms with E-state index in [4.69, 9.17) is 4.42 Å². The molecule has 7 heteroatoms. The lowest BCUT2D eigenvalue weighted by Gasteiger charge is -2.22. The van der Waals surface area contributed by atoms with Gasteiger partial charge in [0.15, 0.2) is 5.43 Å². The lowest BCUT2D eigenvalue weighted by atomic mass is 9.95. The quantitative estimate of drug-likeness (QED) is 0.449. The highest BCUT2D eigenvalue weighted by molar-refractivity contribution is 7.13. The van der Waals surface area contributed by atoms with Crippen molar-refractivity contribution in [2.45, 2.75) is 39.7 Å². The maximum atomic E-state index is 13.6. The monoisotopic (exact) mass is 431 g/mol. The Labute approximate surface area is 183 Å². The van der Waals surface area contributed by atoms with Crippen LogP contribution in [0.3, 0.4) is 0 Å². The van der Waals surface area contributed by atoms with Crippen LogP contribution >= 0.6 is 11.3 Å². The van der Waals surface area contributed by atoms with E-state index in [1.807, 2.05) is 50.2 Å². The number of carbonyl (C=O) groups excluding carboxylic acids is 1. The number of nitrogens with zero attached hydrogens (tertiary/aromatic N) is 3. The zero-order chi connectivity index (χ0) is 21.9. The second kappa shape index (κ2) is 7.13. The number of anilines is 1. The Morgan fingerprint density at radius 1 is 1.06 bits per heavy atom. The molecule has 0 bridgehead atoms. The lowest BCUT2D eigenvalue weighted by Crippen LogP contribution is -2.29. The van der Waals surface area contributed by atoms with Crippen molar-refractivity contribution in [2.24, 2.45) is 0 Å². The maximum Gasteiger partial charge on any atom is 0.297 e. The van der Waals surface area contributed by atoms with Crippen LogP contribution in [-0.2, 0) is 0 Å². The van der Waals surface area contributed by atoms with Crippen molar-refractivity contribution in [1.82, 2.24) is 10.2 Å². The Morgan fingerprint density at radius 3 is 2.42 bits per heavy atom. The molecule has 31 heavy (non-hydrogen) atoms. The van der Waals surface area contributed by atoms with E-state index in [0.717, 1.165) is 16.7 Å². The van der Waals surface area contributed by atoms with Gasteiger partial charge in [0.25, 0.3) is 5.91 Å². The third-order valence-electron chi connectivity index (χ3n) is 5.96. The number of aryl methyl sites for hydroxylation is 2. The fourth-order valence-corrected chi connectivity index (χ4v) is 4.66. The average Bonchev–Trinajstić information content (AvgIpc) is 3.36. The second-order valence-electron chi connectivity index (χ2n) is 8.23. The molecule has 1 amide bonds. The molecule has 0 saturated carbocycles. The van der Waals surface area contributed by atoms with Gasteiger partial charge in [-0.25, -0.2) is 0 Å². The summed E-state index contributed by atoms with van der Waals surface area (Å²) < 4.78 is 6.04. The van der Waals surface area contributed by atoms with E-state index >= 15 is 0 Å². The van der Waals surface area contributed by atoms with Crippen LogP contribution in [0.2, 0.25) is 0 Å². The Bertz CT molecular complexity index is 1370. The number of carbonyl (C=O) groups is 1. The minimum Gasteiger partial charge on any atom is -0.450 e. The molecule has 1 atom stereocenters. The standard InChI is InChI=1S/C24H21N3O3S/c1-12(2)15-5-7-16(8-6-15)20-19-21(28)17-9-13(3)14(4)10-18(17)30-22(19)23(29)27(20)24-26-25-11-31-24/h5-12,20H,1-4H3. The van der Waals surface area contributed by atoms with Gasteiger partial charge in [0.2, 0.25) is 10.9 Å². The van der Waals surface area contributed by atoms with Gasteiger partial charge in [0.1, 0.15) is 11.1 Å². The van der Waals surface area contributed by atoms with E-state index in [1.54, 1.807) is 5.51 Å². The van der Waals surface area contributed by atoms with Crippen molar-refractivity contribution in [3.63, 3.8) is 0 Å². The van der Waals surface area contributed by atoms with Crippen molar-refractivity contribution in [3.05, 3.63) is 85.7 Å². The zero-order valence-electron chi connectivity index (χ0n) is 17.7. The molecule has 0 aliphatic carbocycles. The Kier molecular flexibility index (Phi) is 4.51. The van der Waals surface area contributed by atoms with Crippen molar-refractivity contribution in [1.29, 1.82) is 0 Å². The Balaban J connectivity index is 1.79. The number of rotatable bonds is 3. The van der Waals surface area contributed by atoms with Crippen molar-refractivity contribution >= 4 is 33.3 Å². The molecule has 0 spiro atoms. The predicted molar refractivity (Wildman–Crippen MR) is 121 cm³/mol. The number of hydrogen-bond acceptors (Lipinski definition) is 6. The lowest BCUT2D eigenvalue weighted by molar-refractivity contribution is 0.0970. The minimum atomic E-state index is -0.612. The third kappa shape index (κ3) is 2.99. The van der Waals surface area contributed by atoms with Crippen LogP contribution in [0.4, 0.5) is 5.13 Å². The van der Waals surface area contributed by atoms with Crippen LogP contribution in [0.25, 0.3) is 11.0 Å². The summed E-state index contributed by atoms with van der Waals surface area (Å²) >= 11 is 1.26. The van der Waals surface area contributed by atoms with Gasteiger partial charge in [-0.2, -0.15) is 0 Å². The molecule has 0 fully saturated rings. The highest BCUT2D eigenvalue weighted by Gasteiger charge is 2.45. The first-order valence-electron chi connectivity index (χ1n) is 10.1. The van der Waals surface area contributed by atoms with Crippen LogP contribution in [0, 0.1) is 13.8 Å². The van der Waals surface area contributed by atoms with Gasteiger partial charge in [0.05, 0.1) is 17.0 Å². The SMILES string of the molecule is Cc1cc2oc3c(c(=O)c2cc1C)C(c1ccc(C(C)C)cc1)N(c1nncs1)C3=O. The van der Waals surface area contributed by atoms with Gasteiger partial charge in [-0.15, -0.1) is 10.2 Å². The summed E-state index contributed by atoms with van der Waals surface area (Å²) in [7, 11) is 0. The maximum absolute atomic E-state index is 13.6. The molecule has 1 unspecified atom stereocenters. The van der Waals surface area contributed by atoms with Crippen LogP contribution in [0.1, 0.15) is 64.2 Å². The molecule has 5 rings (SSSR count). The fourth-order valence-electron chi connectivity index (χ4n) is 4.08. The van der Waals surface area contributed by atoms with E-state index in [-0.39, 0.29) is 17.1 Å². The van der Waals surface area contributed by atoms with Gasteiger partial charge in [0, 0.05) is 0 Å². The molecular formula is C24H21N3O3S. The van der Waals surface area contributed by atoms with Crippen LogP contribution in [0.5, 0.6) is 0 Å². The first kappa shape index (κ1) is 19.6. The molecule has 6 nitrogen and oxygen atoms in total. The minimum absolute atomic E-state index is 0.0777. The predicted octanol–water partition coefficient (Wildman–Crippen LogP) is 5.13. The first-order chi connectivity index (χ1) is 14.9. The van der Waals surface area contributed by atoms with Gasteiger partial charge < -0.3 is 4.42 Å². The summed E-state index contributed by atoms with van der Waals surface area (Å²) in [6.07, 6.45) is 0. The molecule has 1 aliphatic rings. The molecule has 1 aliphatic heterocycles. The molecule has 2 aromatic carbocycles. The normalized spacial score (nSPS) is 15.8. The molecule has 0 N–H and O–H groups in total. The highest BCUT2D eigenvalue weighted by atomic mass is 32.1. The molecule has 3 heterocycles. The molecular weight excluding hydrogens is 410 g/mol. The van der Waals surface area contributed by atoms with Crippen molar-refractivity contribution in [3.8, 4) is 0 Å². The highest BCUT2D eigenvalue weighted by Crippen LogP contribution is 2.41. The first-order valence-corrected chi connectivity index (χ1v) is 11.0. The third-order valence-corrected chi connectivity index (χ3v) is 6.65. The summed E-state index contributed by atoms with van der Waals surface area (Å²) in [5, 5.41) is 8.93. The van der Waals surface area contributed by atoms with Gasteiger partial charge in [-0.1, -0.05) is 49.4 Å². The summed E-state index contributed by atoms with van der Waals surface area (Å²) in [5.41, 5.74) is 6.20. The fraction of sp³-hybridized carbons (Fsp3) is 0.250. The number of benzene rings is 2. The molecule has 0 saturated heterocycles. The van der Waals surface area contributed by atoms with Gasteiger partial charge >= 0.3 is 0 Å². The van der Waals surface area contributed by atoms with Gasteiger partial charge in [-0.05, 0) is 54.2 Å².